The first-order valence-electron chi connectivity index (χ1n) is 5.52. The molecule has 1 fully saturated rings. The maximum Gasteiger partial charge on any atom is 1.00 e. The van der Waals surface area contributed by atoms with Crippen LogP contribution in [0, 0.1) is 0 Å². The van der Waals surface area contributed by atoms with E-state index in [0.717, 1.165) is 0 Å². The summed E-state index contributed by atoms with van der Waals surface area (Å²) in [6, 6.07) is 4.86. The van der Waals surface area contributed by atoms with Crippen molar-refractivity contribution in [2.75, 3.05) is 18.0 Å². The second kappa shape index (κ2) is 6.49. The number of aromatic carboxylic acids is 1. The van der Waals surface area contributed by atoms with Crippen LogP contribution in [-0.4, -0.2) is 30.3 Å². The first-order chi connectivity index (χ1) is 8.09. The molecule has 0 spiro atoms. The van der Waals surface area contributed by atoms with Crippen molar-refractivity contribution in [2.45, 2.75) is 18.9 Å². The van der Waals surface area contributed by atoms with Crippen molar-refractivity contribution >= 4 is 23.3 Å². The smallest absolute Gasteiger partial charge is 0.545 e. The van der Waals surface area contributed by atoms with E-state index in [9.17, 15) is 15.0 Å². The minimum Gasteiger partial charge on any atom is -0.545 e. The molecule has 1 saturated heterocycles. The van der Waals surface area contributed by atoms with Crippen LogP contribution in [0.15, 0.2) is 18.2 Å². The first kappa shape index (κ1) is 15.4. The number of halogens is 1. The van der Waals surface area contributed by atoms with Crippen LogP contribution >= 0.6 is 11.6 Å². The summed E-state index contributed by atoms with van der Waals surface area (Å²) in [6.45, 7) is 1.36. The minimum atomic E-state index is -1.27. The van der Waals surface area contributed by atoms with E-state index in [1.54, 1.807) is 12.1 Å². The Balaban J connectivity index is 0.00000162. The maximum absolute atomic E-state index is 10.9. The van der Waals surface area contributed by atoms with E-state index in [4.69, 9.17) is 11.6 Å². The fourth-order valence-corrected chi connectivity index (χ4v) is 2.35. The molecule has 1 aliphatic rings. The molecule has 0 bridgehead atoms. The van der Waals surface area contributed by atoms with E-state index in [1.807, 2.05) is 4.90 Å². The van der Waals surface area contributed by atoms with Crippen LogP contribution in [0.25, 0.3) is 0 Å². The molecule has 0 aliphatic carbocycles. The van der Waals surface area contributed by atoms with Gasteiger partial charge in [-0.25, -0.2) is 0 Å². The van der Waals surface area contributed by atoms with E-state index in [2.05, 4.69) is 0 Å². The number of anilines is 1. The molecule has 0 aromatic heterocycles. The molecule has 0 unspecified atom stereocenters. The Hall–Kier alpha value is -0.663. The van der Waals surface area contributed by atoms with Crippen molar-refractivity contribution in [3.63, 3.8) is 0 Å². The molecule has 1 aromatic rings. The van der Waals surface area contributed by atoms with Gasteiger partial charge in [-0.15, -0.1) is 0 Å². The van der Waals surface area contributed by atoms with E-state index < -0.39 is 5.97 Å². The van der Waals surface area contributed by atoms with Crippen LogP contribution in [0.5, 0.6) is 0 Å². The van der Waals surface area contributed by atoms with E-state index in [0.29, 0.717) is 31.6 Å². The predicted octanol–water partition coefficient (Wildman–Crippen LogP) is -2.33. The number of carboxylic acid groups (broad SMARTS) is 1. The van der Waals surface area contributed by atoms with Gasteiger partial charge in [0, 0.05) is 18.7 Å². The summed E-state index contributed by atoms with van der Waals surface area (Å²) in [5, 5.41) is 20.5. The Kier molecular flexibility index (Phi) is 5.55. The number of aliphatic hydroxyl groups excluding tert-OH is 1. The maximum atomic E-state index is 10.9. The molecule has 6 heteroatoms. The molecule has 0 atom stereocenters. The zero-order valence-corrected chi connectivity index (χ0v) is 11.0. The van der Waals surface area contributed by atoms with Gasteiger partial charge in [-0.3, -0.25) is 0 Å². The third-order valence-electron chi connectivity index (χ3n) is 3.00. The van der Waals surface area contributed by atoms with Crippen molar-refractivity contribution < 1.29 is 33.9 Å². The molecule has 1 aromatic carbocycles. The van der Waals surface area contributed by atoms with Gasteiger partial charge >= 0.3 is 18.9 Å². The Morgan fingerprint density at radius 3 is 2.56 bits per heavy atom. The molecule has 4 nitrogen and oxygen atoms in total. The molecule has 2 rings (SSSR count). The van der Waals surface area contributed by atoms with Crippen molar-refractivity contribution in [3.8, 4) is 0 Å². The quantitative estimate of drug-likeness (QED) is 0.607. The predicted molar refractivity (Wildman–Crippen MR) is 63.2 cm³/mol. The van der Waals surface area contributed by atoms with E-state index in [1.165, 1.54) is 6.07 Å². The number of hydrogen-bond donors (Lipinski definition) is 1. The van der Waals surface area contributed by atoms with Crippen molar-refractivity contribution in [1.82, 2.24) is 0 Å². The average Bonchev–Trinajstić information content (AvgIpc) is 2.30. The molecular formula is C12H13ClLiNO3. The monoisotopic (exact) mass is 261 g/mol. The molecule has 0 amide bonds. The normalized spacial score (nSPS) is 16.2. The molecule has 0 radical (unpaired) electrons. The van der Waals surface area contributed by atoms with Crippen LogP contribution in [0.1, 0.15) is 23.2 Å². The molecule has 0 saturated carbocycles. The Labute approximate surface area is 123 Å². The van der Waals surface area contributed by atoms with Crippen molar-refractivity contribution in [3.05, 3.63) is 28.8 Å². The van der Waals surface area contributed by atoms with Gasteiger partial charge in [0.25, 0.3) is 0 Å². The van der Waals surface area contributed by atoms with E-state index >= 15 is 0 Å². The average molecular weight is 262 g/mol. The molecular weight excluding hydrogens is 249 g/mol. The Morgan fingerprint density at radius 1 is 1.39 bits per heavy atom. The Bertz CT molecular complexity index is 433. The van der Waals surface area contributed by atoms with Crippen LogP contribution < -0.4 is 28.9 Å². The van der Waals surface area contributed by atoms with Gasteiger partial charge in [0.15, 0.2) is 0 Å². The molecule has 18 heavy (non-hydrogen) atoms. The molecule has 92 valence electrons. The van der Waals surface area contributed by atoms with Gasteiger partial charge in [-0.2, -0.15) is 0 Å². The largest absolute Gasteiger partial charge is 1.00 e. The van der Waals surface area contributed by atoms with Crippen LogP contribution in [0.4, 0.5) is 5.69 Å². The molecule has 1 heterocycles. The summed E-state index contributed by atoms with van der Waals surface area (Å²) in [5.74, 6) is -1.27. The van der Waals surface area contributed by atoms with Gasteiger partial charge in [0.05, 0.1) is 22.8 Å². The number of nitrogens with zero attached hydrogens (tertiary/aromatic N) is 1. The third-order valence-corrected chi connectivity index (χ3v) is 3.40. The zero-order chi connectivity index (χ0) is 12.4. The molecule has 1 N–H and O–H groups in total. The number of carbonyl (C=O) groups excluding carboxylic acids is 1. The van der Waals surface area contributed by atoms with Gasteiger partial charge in [0.2, 0.25) is 0 Å². The van der Waals surface area contributed by atoms with Gasteiger partial charge in [0.1, 0.15) is 0 Å². The van der Waals surface area contributed by atoms with Crippen LogP contribution in [0.3, 0.4) is 0 Å². The summed E-state index contributed by atoms with van der Waals surface area (Å²) in [7, 11) is 0. The summed E-state index contributed by atoms with van der Waals surface area (Å²) < 4.78 is 0. The third kappa shape index (κ3) is 3.21. The number of piperidine rings is 1. The van der Waals surface area contributed by atoms with Gasteiger partial charge in [-0.05, 0) is 18.9 Å². The second-order valence-electron chi connectivity index (χ2n) is 4.14. The van der Waals surface area contributed by atoms with Gasteiger partial charge in [-0.1, -0.05) is 23.7 Å². The fraction of sp³-hybridized carbons (Fsp3) is 0.417. The zero-order valence-electron chi connectivity index (χ0n) is 10.2. The van der Waals surface area contributed by atoms with Crippen LogP contribution in [0.2, 0.25) is 5.02 Å². The van der Waals surface area contributed by atoms with E-state index in [-0.39, 0.29) is 35.6 Å². The summed E-state index contributed by atoms with van der Waals surface area (Å²) >= 11 is 6.05. The van der Waals surface area contributed by atoms with Crippen molar-refractivity contribution in [2.24, 2.45) is 0 Å². The first-order valence-corrected chi connectivity index (χ1v) is 5.90. The number of carbonyl (C=O) groups is 1. The number of carboxylic acids is 1. The standard InChI is InChI=1S/C12H14ClNO3.Li/c13-11-9(12(16)17)2-1-3-10(11)14-6-4-8(15)5-7-14;/h1-3,8,15H,4-7H2,(H,16,17);/q;+1/p-1. The van der Waals surface area contributed by atoms with Gasteiger partial charge < -0.3 is 19.9 Å². The topological polar surface area (TPSA) is 63.6 Å². The summed E-state index contributed by atoms with van der Waals surface area (Å²) in [4.78, 5) is 12.8. The number of aliphatic hydroxyl groups is 1. The number of benzene rings is 1. The second-order valence-corrected chi connectivity index (χ2v) is 4.52. The summed E-state index contributed by atoms with van der Waals surface area (Å²) in [5.41, 5.74) is 0.704. The molecule has 1 aliphatic heterocycles. The fourth-order valence-electron chi connectivity index (χ4n) is 2.03. The Morgan fingerprint density at radius 2 is 2.00 bits per heavy atom. The SMILES string of the molecule is O=C([O-])c1cccc(N2CCC(O)CC2)c1Cl.[Li+]. The summed E-state index contributed by atoms with van der Waals surface area (Å²) in [6.07, 6.45) is 1.08. The van der Waals surface area contributed by atoms with Crippen LogP contribution in [-0.2, 0) is 0 Å². The van der Waals surface area contributed by atoms with Crippen molar-refractivity contribution in [1.29, 1.82) is 0 Å². The number of rotatable bonds is 2. The minimum absolute atomic E-state index is 0. The number of hydrogen-bond acceptors (Lipinski definition) is 4.